The maximum Gasteiger partial charge on any atom is 0.397 e. The number of ketones is 1. The summed E-state index contributed by atoms with van der Waals surface area (Å²) in [5.41, 5.74) is 2.92. The second kappa shape index (κ2) is 6.89. The first-order valence-electron chi connectivity index (χ1n) is 11.2. The van der Waals surface area contributed by atoms with E-state index in [9.17, 15) is 13.2 Å². The summed E-state index contributed by atoms with van der Waals surface area (Å²) in [6.45, 7) is 11.0. The maximum absolute atomic E-state index is 12.5. The van der Waals surface area contributed by atoms with E-state index in [0.29, 0.717) is 42.3 Å². The first kappa shape index (κ1) is 21.5. The number of carbonyl (C=O) groups excluding carboxylic acids is 1. The third-order valence-corrected chi connectivity index (χ3v) is 9.97. The summed E-state index contributed by atoms with van der Waals surface area (Å²) in [6.07, 6.45) is 6.15. The molecule has 0 amide bonds. The summed E-state index contributed by atoms with van der Waals surface area (Å²) >= 11 is 0. The molecule has 0 aromatic heterocycles. The van der Waals surface area contributed by atoms with Crippen molar-refractivity contribution in [1.82, 2.24) is 0 Å². The van der Waals surface area contributed by atoms with Crippen molar-refractivity contribution in [3.63, 3.8) is 0 Å². The number of carbonyl (C=O) groups is 1. The molecule has 29 heavy (non-hydrogen) atoms. The Morgan fingerprint density at radius 3 is 2.45 bits per heavy atom. The minimum atomic E-state index is -4.42. The van der Waals surface area contributed by atoms with E-state index in [1.807, 2.05) is 0 Å². The van der Waals surface area contributed by atoms with Crippen molar-refractivity contribution in [3.8, 4) is 0 Å². The van der Waals surface area contributed by atoms with E-state index < -0.39 is 16.5 Å². The van der Waals surface area contributed by atoms with Crippen molar-refractivity contribution in [2.45, 2.75) is 85.7 Å². The Bertz CT molecular complexity index is 845. The smallest absolute Gasteiger partial charge is 0.300 e. The van der Waals surface area contributed by atoms with E-state index in [-0.39, 0.29) is 16.7 Å². The monoisotopic (exact) mass is 424 g/mol. The number of allylic oxidation sites excluding steroid dienone is 1. The normalized spacial score (nSPS) is 47.4. The predicted octanol–water partition coefficient (Wildman–Crippen LogP) is 4.98. The predicted molar refractivity (Wildman–Crippen MR) is 111 cm³/mol. The third kappa shape index (κ3) is 3.34. The van der Waals surface area contributed by atoms with Crippen LogP contribution < -0.4 is 0 Å². The lowest BCUT2D eigenvalue weighted by atomic mass is 9.46. The van der Waals surface area contributed by atoms with Gasteiger partial charge in [0, 0.05) is 5.92 Å². The van der Waals surface area contributed by atoms with Gasteiger partial charge in [-0.05, 0) is 93.3 Å². The van der Waals surface area contributed by atoms with Crippen LogP contribution in [0.3, 0.4) is 0 Å². The first-order chi connectivity index (χ1) is 13.4. The van der Waals surface area contributed by atoms with Crippen LogP contribution >= 0.6 is 0 Å². The van der Waals surface area contributed by atoms with Gasteiger partial charge in [0.25, 0.3) is 0 Å². The van der Waals surface area contributed by atoms with Gasteiger partial charge in [-0.3, -0.25) is 9.35 Å². The van der Waals surface area contributed by atoms with E-state index >= 15 is 0 Å². The van der Waals surface area contributed by atoms with E-state index in [2.05, 4.69) is 27.7 Å². The van der Waals surface area contributed by atoms with Crippen molar-refractivity contribution in [2.24, 2.45) is 40.4 Å². The van der Waals surface area contributed by atoms with Crippen LogP contribution in [-0.2, 0) is 19.4 Å². The Kier molecular flexibility index (Phi) is 5.11. The van der Waals surface area contributed by atoms with Gasteiger partial charge in [-0.15, -0.1) is 0 Å². The molecule has 3 saturated carbocycles. The second-order valence-corrected chi connectivity index (χ2v) is 12.0. The molecule has 0 spiro atoms. The highest BCUT2D eigenvalue weighted by atomic mass is 32.3. The van der Waals surface area contributed by atoms with Gasteiger partial charge in [0.2, 0.25) is 0 Å². The van der Waals surface area contributed by atoms with Crippen molar-refractivity contribution < 1.29 is 21.9 Å². The Morgan fingerprint density at radius 1 is 1.14 bits per heavy atom. The van der Waals surface area contributed by atoms with Gasteiger partial charge in [0.05, 0.1) is 6.10 Å². The topological polar surface area (TPSA) is 80.7 Å². The molecule has 0 aromatic carbocycles. The number of hydrogen-bond acceptors (Lipinski definition) is 4. The lowest BCUT2D eigenvalue weighted by molar-refractivity contribution is -0.128. The molecule has 6 heteroatoms. The molecule has 5 nitrogen and oxygen atoms in total. The molecule has 4 aliphatic rings. The number of Topliss-reactive ketones (excluding diaryl/α,β-unsaturated/α-hetero) is 1. The van der Waals surface area contributed by atoms with Gasteiger partial charge >= 0.3 is 10.4 Å². The lowest BCUT2D eigenvalue weighted by Crippen LogP contribution is -2.51. The highest BCUT2D eigenvalue weighted by molar-refractivity contribution is 7.80. The molecule has 0 aromatic rings. The van der Waals surface area contributed by atoms with Crippen LogP contribution in [-0.4, -0.2) is 24.9 Å². The van der Waals surface area contributed by atoms with Crippen LogP contribution in [0.25, 0.3) is 0 Å². The summed E-state index contributed by atoms with van der Waals surface area (Å²) in [5, 5.41) is 0. The molecule has 8 atom stereocenters. The summed E-state index contributed by atoms with van der Waals surface area (Å²) < 4.78 is 36.5. The van der Waals surface area contributed by atoms with Gasteiger partial charge in [-0.25, -0.2) is 4.18 Å². The molecule has 1 unspecified atom stereocenters. The minimum Gasteiger partial charge on any atom is -0.300 e. The van der Waals surface area contributed by atoms with Gasteiger partial charge in [0.1, 0.15) is 5.78 Å². The van der Waals surface area contributed by atoms with Crippen molar-refractivity contribution in [2.75, 3.05) is 0 Å². The zero-order valence-electron chi connectivity index (χ0n) is 18.4. The molecule has 0 saturated heterocycles. The molecule has 0 aliphatic heterocycles. The Labute approximate surface area is 175 Å². The summed E-state index contributed by atoms with van der Waals surface area (Å²) in [4.78, 5) is 12.5. The third-order valence-electron chi connectivity index (χ3n) is 9.46. The Balaban J connectivity index is 1.65. The molecule has 0 bridgehead atoms. The van der Waals surface area contributed by atoms with Crippen LogP contribution in [0.1, 0.15) is 79.6 Å². The molecular weight excluding hydrogens is 388 g/mol. The molecular formula is C23H36O5S. The van der Waals surface area contributed by atoms with Crippen LogP contribution in [0, 0.1) is 40.4 Å². The average Bonchev–Trinajstić information content (AvgIpc) is 2.85. The van der Waals surface area contributed by atoms with Crippen LogP contribution in [0.15, 0.2) is 11.1 Å². The van der Waals surface area contributed by atoms with Crippen LogP contribution in [0.4, 0.5) is 0 Å². The fourth-order valence-corrected chi connectivity index (χ4v) is 9.08. The quantitative estimate of drug-likeness (QED) is 0.510. The molecule has 3 fully saturated rings. The summed E-state index contributed by atoms with van der Waals surface area (Å²) in [6, 6.07) is 0. The molecule has 4 rings (SSSR count). The van der Waals surface area contributed by atoms with Crippen LogP contribution in [0.2, 0.25) is 0 Å². The van der Waals surface area contributed by atoms with Gasteiger partial charge < -0.3 is 0 Å². The Morgan fingerprint density at radius 2 is 1.83 bits per heavy atom. The van der Waals surface area contributed by atoms with E-state index in [4.69, 9.17) is 8.74 Å². The second-order valence-electron chi connectivity index (χ2n) is 11.0. The summed E-state index contributed by atoms with van der Waals surface area (Å²) in [5.74, 6) is 2.78. The largest absolute Gasteiger partial charge is 0.397 e. The summed E-state index contributed by atoms with van der Waals surface area (Å²) in [7, 11) is -4.42. The molecule has 4 aliphatic carbocycles. The van der Waals surface area contributed by atoms with E-state index in [1.165, 1.54) is 11.1 Å². The maximum atomic E-state index is 12.5. The standard InChI is InChI=1S/C23H36O5S/c1-13-10-17-18(7-9-23(5)20(17)11-14(2)21(23)15(3)24)22(4)8-6-16(12-19(13)22)28-29(25,26)27/h14,16-18,20-21H,6-12H2,1-5H3,(H,25,26,27)/t14-,16?,17-,18+,20+,21-,22-,23+/m1/s1. The van der Waals surface area contributed by atoms with Gasteiger partial charge in [-0.1, -0.05) is 31.9 Å². The highest BCUT2D eigenvalue weighted by Crippen LogP contribution is 2.68. The zero-order chi connectivity index (χ0) is 21.4. The van der Waals surface area contributed by atoms with E-state index in [0.717, 1.165) is 32.1 Å². The van der Waals surface area contributed by atoms with Gasteiger partial charge in [-0.2, -0.15) is 8.42 Å². The molecule has 164 valence electrons. The van der Waals surface area contributed by atoms with Crippen molar-refractivity contribution >= 4 is 16.2 Å². The highest BCUT2D eigenvalue weighted by Gasteiger charge is 2.61. The average molecular weight is 425 g/mol. The van der Waals surface area contributed by atoms with Crippen LogP contribution in [0.5, 0.6) is 0 Å². The first-order valence-corrected chi connectivity index (χ1v) is 12.6. The molecule has 1 N–H and O–H groups in total. The fourth-order valence-electron chi connectivity index (χ4n) is 8.57. The molecule has 0 radical (unpaired) electrons. The number of rotatable bonds is 3. The van der Waals surface area contributed by atoms with Crippen molar-refractivity contribution in [3.05, 3.63) is 11.1 Å². The fraction of sp³-hybridized carbons (Fsp3) is 0.870. The number of fused-ring (bicyclic) bond motifs is 5. The Hall–Kier alpha value is -0.720. The van der Waals surface area contributed by atoms with Gasteiger partial charge in [0.15, 0.2) is 0 Å². The lowest BCUT2D eigenvalue weighted by Gasteiger charge is -2.59. The van der Waals surface area contributed by atoms with Crippen molar-refractivity contribution in [1.29, 1.82) is 0 Å². The number of hydrogen-bond donors (Lipinski definition) is 1. The minimum absolute atomic E-state index is 0.0744. The zero-order valence-corrected chi connectivity index (χ0v) is 19.2. The molecule has 0 heterocycles. The van der Waals surface area contributed by atoms with E-state index in [1.54, 1.807) is 6.92 Å². The SMILES string of the molecule is CC(=O)[C@H]1[C@H](C)C[C@H]2[C@@H]3CC(C)=C4CC(OS(=O)(=O)O)CC[C@]4(C)[C@H]3CC[C@@]21C.